The van der Waals surface area contributed by atoms with E-state index in [9.17, 15) is 4.79 Å². The fraction of sp³-hybridized carbons (Fsp3) is 0.188. The normalized spacial score (nSPS) is 10.3. The molecule has 0 radical (unpaired) electrons. The van der Waals surface area contributed by atoms with Gasteiger partial charge in [-0.15, -0.1) is 0 Å². The topological polar surface area (TPSA) is 41.1 Å². The Morgan fingerprint density at radius 3 is 2.38 bits per heavy atom. The van der Waals surface area contributed by atoms with Gasteiger partial charge < -0.3 is 10.6 Å². The van der Waals surface area contributed by atoms with Gasteiger partial charge in [-0.05, 0) is 55.3 Å². The first-order chi connectivity index (χ1) is 9.94. The number of anilines is 2. The van der Waals surface area contributed by atoms with E-state index < -0.39 is 0 Å². The minimum atomic E-state index is -0.182. The minimum absolute atomic E-state index is 0.158. The summed E-state index contributed by atoms with van der Waals surface area (Å²) in [5.74, 6) is -0.182. The number of amides is 1. The fourth-order valence-corrected chi connectivity index (χ4v) is 2.38. The third kappa shape index (κ3) is 4.66. The van der Waals surface area contributed by atoms with E-state index in [0.717, 1.165) is 16.8 Å². The van der Waals surface area contributed by atoms with Crippen molar-refractivity contribution in [3.63, 3.8) is 0 Å². The molecule has 0 aromatic heterocycles. The number of carbonyl (C=O) groups excluding carboxylic acids is 1. The van der Waals surface area contributed by atoms with Crippen molar-refractivity contribution in [2.24, 2.45) is 0 Å². The molecule has 0 aliphatic carbocycles. The molecule has 0 bridgehead atoms. The summed E-state index contributed by atoms with van der Waals surface area (Å²) in [7, 11) is 0. The van der Waals surface area contributed by atoms with Crippen LogP contribution in [0, 0.1) is 13.8 Å². The molecule has 0 aliphatic heterocycles. The van der Waals surface area contributed by atoms with Gasteiger partial charge in [0.05, 0.1) is 17.3 Å². The van der Waals surface area contributed by atoms with Gasteiger partial charge in [-0.2, -0.15) is 0 Å². The molecule has 2 N–H and O–H groups in total. The zero-order valence-corrected chi connectivity index (χ0v) is 13.3. The molecule has 2 aromatic carbocycles. The Morgan fingerprint density at radius 2 is 1.71 bits per heavy atom. The van der Waals surface area contributed by atoms with E-state index >= 15 is 0 Å². The van der Waals surface area contributed by atoms with E-state index in [1.165, 1.54) is 0 Å². The summed E-state index contributed by atoms with van der Waals surface area (Å²) in [4.78, 5) is 11.9. The highest BCUT2D eigenvalue weighted by Gasteiger charge is 2.06. The molecular weight excluding hydrogens is 307 g/mol. The Kier molecular flexibility index (Phi) is 5.10. The number of hydrogen-bond acceptors (Lipinski definition) is 2. The number of aryl methyl sites for hydroxylation is 2. The molecule has 0 heterocycles. The van der Waals surface area contributed by atoms with Gasteiger partial charge in [-0.25, -0.2) is 0 Å². The lowest BCUT2D eigenvalue weighted by atomic mass is 10.1. The van der Waals surface area contributed by atoms with Crippen LogP contribution in [-0.2, 0) is 4.79 Å². The lowest BCUT2D eigenvalue weighted by Gasteiger charge is -2.10. The molecule has 2 aromatic rings. The summed E-state index contributed by atoms with van der Waals surface area (Å²) < 4.78 is 0. The van der Waals surface area contributed by atoms with Crippen molar-refractivity contribution < 1.29 is 4.79 Å². The van der Waals surface area contributed by atoms with E-state index in [1.54, 1.807) is 18.2 Å². The van der Waals surface area contributed by atoms with Gasteiger partial charge in [-0.1, -0.05) is 29.3 Å². The third-order valence-corrected chi connectivity index (χ3v) is 3.44. The van der Waals surface area contributed by atoms with Crippen molar-refractivity contribution in [2.75, 3.05) is 17.2 Å². The monoisotopic (exact) mass is 322 g/mol. The SMILES string of the molecule is Cc1cc(C)cc(NCC(=O)Nc2cc(Cl)ccc2Cl)c1. The molecule has 21 heavy (non-hydrogen) atoms. The van der Waals surface area contributed by atoms with Crippen LogP contribution in [0.25, 0.3) is 0 Å². The Bertz CT molecular complexity index is 651. The molecule has 1 amide bonds. The van der Waals surface area contributed by atoms with Gasteiger partial charge in [0.2, 0.25) is 5.91 Å². The highest BCUT2D eigenvalue weighted by Crippen LogP contribution is 2.25. The highest BCUT2D eigenvalue weighted by atomic mass is 35.5. The summed E-state index contributed by atoms with van der Waals surface area (Å²) in [5.41, 5.74) is 3.72. The van der Waals surface area contributed by atoms with Gasteiger partial charge >= 0.3 is 0 Å². The molecule has 0 fully saturated rings. The van der Waals surface area contributed by atoms with Gasteiger partial charge in [0.1, 0.15) is 0 Å². The maximum atomic E-state index is 11.9. The third-order valence-electron chi connectivity index (χ3n) is 2.88. The Labute approximate surface area is 134 Å². The second kappa shape index (κ2) is 6.83. The molecule has 0 saturated carbocycles. The Hall–Kier alpha value is -1.71. The molecule has 5 heteroatoms. The van der Waals surface area contributed by atoms with Crippen molar-refractivity contribution in [1.29, 1.82) is 0 Å². The predicted octanol–water partition coefficient (Wildman–Crippen LogP) is 4.66. The maximum Gasteiger partial charge on any atom is 0.243 e. The Balaban J connectivity index is 1.97. The van der Waals surface area contributed by atoms with Crippen LogP contribution >= 0.6 is 23.2 Å². The van der Waals surface area contributed by atoms with E-state index in [0.29, 0.717) is 15.7 Å². The second-order valence-corrected chi connectivity index (χ2v) is 5.75. The van der Waals surface area contributed by atoms with Crippen LogP contribution in [0.5, 0.6) is 0 Å². The summed E-state index contributed by atoms with van der Waals surface area (Å²) in [5, 5.41) is 6.81. The van der Waals surface area contributed by atoms with E-state index in [1.807, 2.05) is 26.0 Å². The molecule has 0 aliphatic rings. The van der Waals surface area contributed by atoms with Crippen LogP contribution in [0.1, 0.15) is 11.1 Å². The lowest BCUT2D eigenvalue weighted by molar-refractivity contribution is -0.114. The van der Waals surface area contributed by atoms with Crippen LogP contribution in [0.4, 0.5) is 11.4 Å². The van der Waals surface area contributed by atoms with Gasteiger partial charge in [0.25, 0.3) is 0 Å². The van der Waals surface area contributed by atoms with E-state index in [-0.39, 0.29) is 12.5 Å². The largest absolute Gasteiger partial charge is 0.376 e. The Morgan fingerprint density at radius 1 is 1.05 bits per heavy atom. The zero-order chi connectivity index (χ0) is 15.4. The van der Waals surface area contributed by atoms with Crippen LogP contribution in [0.2, 0.25) is 10.0 Å². The fourth-order valence-electron chi connectivity index (χ4n) is 2.05. The average molecular weight is 323 g/mol. The molecule has 0 saturated heterocycles. The van der Waals surface area contributed by atoms with E-state index in [2.05, 4.69) is 16.7 Å². The van der Waals surface area contributed by atoms with Crippen LogP contribution in [0.3, 0.4) is 0 Å². The summed E-state index contributed by atoms with van der Waals surface area (Å²) >= 11 is 11.9. The molecular formula is C16H16Cl2N2O. The summed E-state index contributed by atoms with van der Waals surface area (Å²) in [6.07, 6.45) is 0. The second-order valence-electron chi connectivity index (χ2n) is 4.90. The van der Waals surface area contributed by atoms with Crippen molar-refractivity contribution >= 4 is 40.5 Å². The highest BCUT2D eigenvalue weighted by molar-refractivity contribution is 6.35. The first kappa shape index (κ1) is 15.7. The van der Waals surface area contributed by atoms with Crippen LogP contribution in [0.15, 0.2) is 36.4 Å². The number of hydrogen-bond donors (Lipinski definition) is 2. The molecule has 3 nitrogen and oxygen atoms in total. The number of halogens is 2. The van der Waals surface area contributed by atoms with Gasteiger partial charge in [-0.3, -0.25) is 4.79 Å². The number of benzene rings is 2. The van der Waals surface area contributed by atoms with Crippen molar-refractivity contribution in [3.05, 3.63) is 57.6 Å². The van der Waals surface area contributed by atoms with Crippen molar-refractivity contribution in [3.8, 4) is 0 Å². The lowest BCUT2D eigenvalue weighted by Crippen LogP contribution is -2.22. The summed E-state index contributed by atoms with van der Waals surface area (Å²) in [6.45, 7) is 4.19. The number of nitrogens with one attached hydrogen (secondary N) is 2. The number of carbonyl (C=O) groups is 1. The quantitative estimate of drug-likeness (QED) is 0.859. The van der Waals surface area contributed by atoms with Crippen molar-refractivity contribution in [2.45, 2.75) is 13.8 Å². The van der Waals surface area contributed by atoms with Crippen LogP contribution in [-0.4, -0.2) is 12.5 Å². The van der Waals surface area contributed by atoms with Gasteiger partial charge in [0.15, 0.2) is 0 Å². The van der Waals surface area contributed by atoms with E-state index in [4.69, 9.17) is 23.2 Å². The molecule has 110 valence electrons. The molecule has 0 unspecified atom stereocenters. The summed E-state index contributed by atoms with van der Waals surface area (Å²) in [6, 6.07) is 11.0. The van der Waals surface area contributed by atoms with Crippen LogP contribution < -0.4 is 10.6 Å². The average Bonchev–Trinajstić information content (AvgIpc) is 2.40. The first-order valence-electron chi connectivity index (χ1n) is 6.51. The zero-order valence-electron chi connectivity index (χ0n) is 11.8. The first-order valence-corrected chi connectivity index (χ1v) is 7.27. The smallest absolute Gasteiger partial charge is 0.243 e. The molecule has 0 spiro atoms. The number of rotatable bonds is 4. The van der Waals surface area contributed by atoms with Crippen molar-refractivity contribution in [1.82, 2.24) is 0 Å². The standard InChI is InChI=1S/C16H16Cl2N2O/c1-10-5-11(2)7-13(6-10)19-9-16(21)20-15-8-12(17)3-4-14(15)18/h3-8,19H,9H2,1-2H3,(H,20,21). The maximum absolute atomic E-state index is 11.9. The predicted molar refractivity (Wildman–Crippen MR) is 89.5 cm³/mol. The molecule has 0 atom stereocenters. The van der Waals surface area contributed by atoms with Gasteiger partial charge in [0, 0.05) is 10.7 Å². The minimum Gasteiger partial charge on any atom is -0.376 e. The molecule has 2 rings (SSSR count).